The molecule has 3 aromatic heterocycles. The van der Waals surface area contributed by atoms with Gasteiger partial charge in [0.15, 0.2) is 0 Å². The van der Waals surface area contributed by atoms with Crippen LogP contribution in [0.2, 0.25) is 5.02 Å². The van der Waals surface area contributed by atoms with Crippen molar-refractivity contribution < 1.29 is 4.74 Å². The molecule has 29 heavy (non-hydrogen) atoms. The molecule has 4 heterocycles. The van der Waals surface area contributed by atoms with Gasteiger partial charge in [-0.2, -0.15) is 0 Å². The summed E-state index contributed by atoms with van der Waals surface area (Å²) in [7, 11) is 2.05. The maximum atomic E-state index is 12.5. The third-order valence-electron chi connectivity index (χ3n) is 5.02. The molecular weight excluding hydrogens is 390 g/mol. The molecule has 0 radical (unpaired) electrons. The van der Waals surface area contributed by atoms with Gasteiger partial charge < -0.3 is 15.0 Å². The summed E-state index contributed by atoms with van der Waals surface area (Å²) in [6.45, 7) is 2.26. The number of aromatic nitrogens is 3. The fourth-order valence-electron chi connectivity index (χ4n) is 3.30. The topological polar surface area (TPSA) is 72.3 Å². The zero-order chi connectivity index (χ0) is 20.2. The van der Waals surface area contributed by atoms with Gasteiger partial charge in [0.05, 0.1) is 22.6 Å². The van der Waals surface area contributed by atoms with E-state index in [0.717, 1.165) is 31.0 Å². The fraction of sp³-hybridized carbons (Fsp3) is 0.286. The van der Waals surface area contributed by atoms with Gasteiger partial charge in [0.2, 0.25) is 0 Å². The molecule has 0 spiro atoms. The lowest BCUT2D eigenvalue weighted by atomic mass is 10.2. The monoisotopic (exact) mass is 411 g/mol. The van der Waals surface area contributed by atoms with Crippen LogP contribution in [0.3, 0.4) is 0 Å². The first-order valence-corrected chi connectivity index (χ1v) is 9.84. The molecule has 1 saturated heterocycles. The third-order valence-corrected chi connectivity index (χ3v) is 5.24. The van der Waals surface area contributed by atoms with Crippen molar-refractivity contribution in [1.82, 2.24) is 19.9 Å². The summed E-state index contributed by atoms with van der Waals surface area (Å²) in [6.07, 6.45) is 6.07. The number of hydrogen-bond acceptors (Lipinski definition) is 6. The number of nitrogens with zero attached hydrogens (tertiary/aromatic N) is 4. The fourth-order valence-corrected chi connectivity index (χ4v) is 3.41. The quantitative estimate of drug-likeness (QED) is 0.672. The number of nitrogens with one attached hydrogen (secondary N) is 1. The predicted molar refractivity (Wildman–Crippen MR) is 113 cm³/mol. The van der Waals surface area contributed by atoms with E-state index in [4.69, 9.17) is 16.3 Å². The van der Waals surface area contributed by atoms with Crippen LogP contribution in [0.15, 0.2) is 59.8 Å². The van der Waals surface area contributed by atoms with Crippen molar-refractivity contribution in [2.45, 2.75) is 19.1 Å². The van der Waals surface area contributed by atoms with Gasteiger partial charge in [-0.25, -0.2) is 4.98 Å². The van der Waals surface area contributed by atoms with Crippen molar-refractivity contribution in [1.29, 1.82) is 0 Å². The minimum atomic E-state index is -0.186. The number of hydrogen-bond donors (Lipinski definition) is 1. The molecule has 1 N–H and O–H groups in total. The van der Waals surface area contributed by atoms with Crippen molar-refractivity contribution in [2.24, 2.45) is 0 Å². The van der Waals surface area contributed by atoms with Crippen LogP contribution in [-0.4, -0.2) is 40.7 Å². The van der Waals surface area contributed by atoms with Crippen LogP contribution in [0.5, 0.6) is 5.75 Å². The minimum absolute atomic E-state index is 0.186. The molecule has 0 aromatic carbocycles. The molecule has 1 aliphatic heterocycles. The van der Waals surface area contributed by atoms with Gasteiger partial charge in [-0.05, 0) is 43.3 Å². The highest BCUT2D eigenvalue weighted by Gasteiger charge is 2.20. The Morgan fingerprint density at radius 2 is 2.14 bits per heavy atom. The van der Waals surface area contributed by atoms with E-state index in [1.807, 2.05) is 19.2 Å². The maximum absolute atomic E-state index is 12.5. The van der Waals surface area contributed by atoms with E-state index in [1.165, 1.54) is 6.07 Å². The molecule has 0 bridgehead atoms. The molecule has 0 unspecified atom stereocenters. The van der Waals surface area contributed by atoms with Crippen LogP contribution in [0.25, 0.3) is 5.69 Å². The van der Waals surface area contributed by atoms with E-state index in [0.29, 0.717) is 22.5 Å². The molecule has 4 rings (SSSR count). The Bertz CT molecular complexity index is 1010. The van der Waals surface area contributed by atoms with Gasteiger partial charge in [0.25, 0.3) is 5.56 Å². The van der Waals surface area contributed by atoms with Crippen molar-refractivity contribution >= 4 is 17.4 Å². The van der Waals surface area contributed by atoms with Gasteiger partial charge in [0, 0.05) is 38.1 Å². The summed E-state index contributed by atoms with van der Waals surface area (Å²) in [6, 6.07) is 11.0. The van der Waals surface area contributed by atoms with Crippen molar-refractivity contribution in [3.63, 3.8) is 0 Å². The van der Waals surface area contributed by atoms with Gasteiger partial charge in [-0.15, -0.1) is 0 Å². The highest BCUT2D eigenvalue weighted by atomic mass is 35.5. The zero-order valence-corrected chi connectivity index (χ0v) is 16.8. The molecule has 8 heteroatoms. The number of halogens is 1. The first-order valence-electron chi connectivity index (χ1n) is 9.46. The molecule has 1 atom stereocenters. The Labute approximate surface area is 173 Å². The molecule has 7 nitrogen and oxygen atoms in total. The summed E-state index contributed by atoms with van der Waals surface area (Å²) >= 11 is 5.83. The molecule has 150 valence electrons. The third kappa shape index (κ3) is 4.58. The van der Waals surface area contributed by atoms with Crippen LogP contribution in [0.4, 0.5) is 5.82 Å². The van der Waals surface area contributed by atoms with Crippen LogP contribution >= 0.6 is 11.6 Å². The lowest BCUT2D eigenvalue weighted by Crippen LogP contribution is -2.33. The Hall–Kier alpha value is -2.90. The van der Waals surface area contributed by atoms with Gasteiger partial charge >= 0.3 is 0 Å². The Morgan fingerprint density at radius 3 is 2.79 bits per heavy atom. The largest absolute Gasteiger partial charge is 0.487 e. The van der Waals surface area contributed by atoms with E-state index < -0.39 is 0 Å². The molecule has 1 fully saturated rings. The van der Waals surface area contributed by atoms with Crippen LogP contribution in [-0.2, 0) is 6.61 Å². The average Bonchev–Trinajstić information content (AvgIpc) is 3.28. The molecule has 0 aliphatic carbocycles. The summed E-state index contributed by atoms with van der Waals surface area (Å²) in [5.74, 6) is 1.38. The summed E-state index contributed by atoms with van der Waals surface area (Å²) in [5.41, 5.74) is 1.26. The normalized spacial score (nSPS) is 16.0. The van der Waals surface area contributed by atoms with E-state index in [2.05, 4.69) is 20.2 Å². The van der Waals surface area contributed by atoms with E-state index in [1.54, 1.807) is 41.4 Å². The van der Waals surface area contributed by atoms with Crippen LogP contribution in [0, 0.1) is 0 Å². The molecule has 0 amide bonds. The average molecular weight is 412 g/mol. The number of rotatable bonds is 6. The maximum Gasteiger partial charge on any atom is 0.258 e. The number of ether oxygens (including phenoxy) is 1. The summed E-state index contributed by atoms with van der Waals surface area (Å²) in [4.78, 5) is 23.4. The Kier molecular flexibility index (Phi) is 5.78. The second-order valence-electron chi connectivity index (χ2n) is 6.96. The highest BCUT2D eigenvalue weighted by molar-refractivity contribution is 6.30. The van der Waals surface area contributed by atoms with Gasteiger partial charge in [0.1, 0.15) is 18.2 Å². The lowest BCUT2D eigenvalue weighted by molar-refractivity contribution is 0.300. The smallest absolute Gasteiger partial charge is 0.258 e. The second kappa shape index (κ2) is 8.63. The zero-order valence-electron chi connectivity index (χ0n) is 16.1. The Balaban J connectivity index is 1.44. The summed E-state index contributed by atoms with van der Waals surface area (Å²) < 4.78 is 7.21. The number of anilines is 1. The van der Waals surface area contributed by atoms with E-state index >= 15 is 0 Å². The number of likely N-dealkylation sites (N-methyl/N-ethyl adjacent to an activating group) is 1. The first-order chi connectivity index (χ1) is 14.1. The minimum Gasteiger partial charge on any atom is -0.487 e. The number of pyridine rings is 3. The predicted octanol–water partition coefficient (Wildman–Crippen LogP) is 2.66. The molecular formula is C21H22ClN5O2. The van der Waals surface area contributed by atoms with Crippen LogP contribution in [0.1, 0.15) is 12.1 Å². The molecule has 0 saturated carbocycles. The molecule has 3 aromatic rings. The lowest BCUT2D eigenvalue weighted by Gasteiger charge is -2.24. The SMILES string of the molecule is CN(c1ccc(-n2ccc(OCc3ccc(Cl)cn3)cc2=O)cn1)[C@@H]1CCNC1. The first kappa shape index (κ1) is 19.4. The van der Waals surface area contributed by atoms with Gasteiger partial charge in [-0.3, -0.25) is 14.3 Å². The van der Waals surface area contributed by atoms with E-state index in [-0.39, 0.29) is 12.2 Å². The molecule has 1 aliphatic rings. The van der Waals surface area contributed by atoms with Gasteiger partial charge in [-0.1, -0.05) is 11.6 Å². The van der Waals surface area contributed by atoms with Crippen molar-refractivity contribution in [3.05, 3.63) is 76.1 Å². The van der Waals surface area contributed by atoms with E-state index in [9.17, 15) is 4.79 Å². The second-order valence-corrected chi connectivity index (χ2v) is 7.40. The Morgan fingerprint density at radius 1 is 1.24 bits per heavy atom. The highest BCUT2D eigenvalue weighted by Crippen LogP contribution is 2.18. The summed E-state index contributed by atoms with van der Waals surface area (Å²) in [5, 5.41) is 3.93. The van der Waals surface area contributed by atoms with Crippen LogP contribution < -0.4 is 20.5 Å². The standard InChI is InChI=1S/C21H22ClN5O2/c1-26(17-6-8-23-12-17)20-5-4-18(13-25-20)27-9-7-19(10-21(27)28)29-14-16-3-2-15(22)11-24-16/h2-5,7,9-11,13,17,23H,6,8,12,14H2,1H3/t17-/m1/s1. The van der Waals surface area contributed by atoms with Crippen molar-refractivity contribution in [2.75, 3.05) is 25.0 Å². The van der Waals surface area contributed by atoms with Crippen molar-refractivity contribution in [3.8, 4) is 11.4 Å².